The highest BCUT2D eigenvalue weighted by atomic mass is 16.5. The van der Waals surface area contributed by atoms with Crippen molar-refractivity contribution in [3.63, 3.8) is 0 Å². The van der Waals surface area contributed by atoms with Gasteiger partial charge in [0.15, 0.2) is 0 Å². The molecule has 0 radical (unpaired) electrons. The summed E-state index contributed by atoms with van der Waals surface area (Å²) in [4.78, 5) is 23.7. The zero-order valence-corrected chi connectivity index (χ0v) is 10.9. The van der Waals surface area contributed by atoms with Crippen molar-refractivity contribution in [3.05, 3.63) is 23.0 Å². The lowest BCUT2D eigenvalue weighted by Gasteiger charge is -2.23. The number of carbonyl (C=O) groups excluding carboxylic acids is 2. The van der Waals surface area contributed by atoms with Gasteiger partial charge in [0.1, 0.15) is 0 Å². The van der Waals surface area contributed by atoms with Gasteiger partial charge in [0, 0.05) is 18.4 Å². The number of ether oxygens (including phenoxy) is 2. The van der Waals surface area contributed by atoms with Crippen molar-refractivity contribution in [2.75, 3.05) is 14.2 Å². The first-order chi connectivity index (χ1) is 8.60. The molecule has 0 spiro atoms. The minimum absolute atomic E-state index is 0.292. The highest BCUT2D eigenvalue weighted by Crippen LogP contribution is 2.34. The maximum absolute atomic E-state index is 11.8. The Hall–Kier alpha value is -1.78. The van der Waals surface area contributed by atoms with Crippen molar-refractivity contribution in [2.45, 2.75) is 32.2 Å². The number of aryl methyl sites for hydroxylation is 2. The van der Waals surface area contributed by atoms with Gasteiger partial charge in [-0.1, -0.05) is 0 Å². The van der Waals surface area contributed by atoms with E-state index in [-0.39, 0.29) is 11.9 Å². The second kappa shape index (κ2) is 4.84. The SMILES string of the molecule is COC(=O)c1c(C)cn2c1C(C(=O)OC)CCC2. The van der Waals surface area contributed by atoms with Crippen LogP contribution in [0.4, 0.5) is 0 Å². The molecule has 0 saturated heterocycles. The number of fused-ring (bicyclic) bond motifs is 1. The van der Waals surface area contributed by atoms with Gasteiger partial charge < -0.3 is 14.0 Å². The smallest absolute Gasteiger partial charge is 0.339 e. The summed E-state index contributed by atoms with van der Waals surface area (Å²) in [5, 5.41) is 0. The first-order valence-corrected chi connectivity index (χ1v) is 5.96. The van der Waals surface area contributed by atoms with Gasteiger partial charge in [-0.25, -0.2) is 4.79 Å². The Morgan fingerprint density at radius 1 is 1.33 bits per heavy atom. The summed E-state index contributed by atoms with van der Waals surface area (Å²) < 4.78 is 11.6. The zero-order chi connectivity index (χ0) is 13.3. The number of hydrogen-bond donors (Lipinski definition) is 0. The van der Waals surface area contributed by atoms with Gasteiger partial charge in [-0.3, -0.25) is 4.79 Å². The fraction of sp³-hybridized carbons (Fsp3) is 0.538. The number of nitrogens with zero attached hydrogens (tertiary/aromatic N) is 1. The molecule has 0 bridgehead atoms. The van der Waals surface area contributed by atoms with Crippen LogP contribution in [0.15, 0.2) is 6.20 Å². The third-order valence-electron chi connectivity index (χ3n) is 3.41. The maximum Gasteiger partial charge on any atom is 0.339 e. The van der Waals surface area contributed by atoms with Crippen LogP contribution in [-0.2, 0) is 20.8 Å². The number of carbonyl (C=O) groups is 2. The Morgan fingerprint density at radius 3 is 2.67 bits per heavy atom. The van der Waals surface area contributed by atoms with Gasteiger partial charge in [0.2, 0.25) is 0 Å². The Kier molecular flexibility index (Phi) is 3.41. The summed E-state index contributed by atoms with van der Waals surface area (Å²) in [6.45, 7) is 2.67. The van der Waals surface area contributed by atoms with Crippen LogP contribution < -0.4 is 0 Å². The molecule has 0 N–H and O–H groups in total. The lowest BCUT2D eigenvalue weighted by atomic mass is 9.92. The fourth-order valence-corrected chi connectivity index (χ4v) is 2.61. The average Bonchev–Trinajstić information content (AvgIpc) is 2.72. The molecular weight excluding hydrogens is 234 g/mol. The van der Waals surface area contributed by atoms with Gasteiger partial charge in [-0.15, -0.1) is 0 Å². The second-order valence-corrected chi connectivity index (χ2v) is 4.48. The molecule has 1 aliphatic heterocycles. The molecule has 1 atom stereocenters. The summed E-state index contributed by atoms with van der Waals surface area (Å²) in [5.41, 5.74) is 2.08. The first-order valence-electron chi connectivity index (χ1n) is 5.96. The summed E-state index contributed by atoms with van der Waals surface area (Å²) in [6.07, 6.45) is 3.51. The highest BCUT2D eigenvalue weighted by Gasteiger charge is 2.33. The van der Waals surface area contributed by atoms with Crippen LogP contribution in [0.5, 0.6) is 0 Å². The van der Waals surface area contributed by atoms with Crippen LogP contribution in [0.3, 0.4) is 0 Å². The van der Waals surface area contributed by atoms with Crippen molar-refractivity contribution in [1.29, 1.82) is 0 Å². The van der Waals surface area contributed by atoms with E-state index in [9.17, 15) is 9.59 Å². The van der Waals surface area contributed by atoms with Crippen molar-refractivity contribution >= 4 is 11.9 Å². The van der Waals surface area contributed by atoms with E-state index in [1.54, 1.807) is 0 Å². The number of hydrogen-bond acceptors (Lipinski definition) is 4. The number of aromatic nitrogens is 1. The summed E-state index contributed by atoms with van der Waals surface area (Å²) in [6, 6.07) is 0. The van der Waals surface area contributed by atoms with Gasteiger partial charge in [0.25, 0.3) is 0 Å². The van der Waals surface area contributed by atoms with Gasteiger partial charge in [-0.05, 0) is 25.3 Å². The molecule has 5 heteroatoms. The van der Waals surface area contributed by atoms with Crippen LogP contribution >= 0.6 is 0 Å². The van der Waals surface area contributed by atoms with Crippen LogP contribution in [0.25, 0.3) is 0 Å². The third-order valence-corrected chi connectivity index (χ3v) is 3.41. The molecule has 5 nitrogen and oxygen atoms in total. The Labute approximate surface area is 106 Å². The molecule has 98 valence electrons. The minimum atomic E-state index is -0.392. The number of methoxy groups -OCH3 is 2. The molecule has 1 aromatic heterocycles. The molecule has 1 unspecified atom stereocenters. The molecular formula is C13H17NO4. The monoisotopic (exact) mass is 251 g/mol. The Bertz CT molecular complexity index is 489. The van der Waals surface area contributed by atoms with E-state index in [4.69, 9.17) is 9.47 Å². The lowest BCUT2D eigenvalue weighted by molar-refractivity contribution is -0.143. The van der Waals surface area contributed by atoms with E-state index >= 15 is 0 Å². The Balaban J connectivity index is 2.53. The largest absolute Gasteiger partial charge is 0.469 e. The predicted molar refractivity (Wildman–Crippen MR) is 64.5 cm³/mol. The van der Waals surface area contributed by atoms with Crippen LogP contribution in [0, 0.1) is 6.92 Å². The van der Waals surface area contributed by atoms with Crippen molar-refractivity contribution < 1.29 is 19.1 Å². The van der Waals surface area contributed by atoms with E-state index in [0.29, 0.717) is 12.0 Å². The fourth-order valence-electron chi connectivity index (χ4n) is 2.61. The zero-order valence-electron chi connectivity index (χ0n) is 10.9. The molecule has 1 aliphatic rings. The normalized spacial score (nSPS) is 18.1. The first kappa shape index (κ1) is 12.7. The predicted octanol–water partition coefficient (Wildman–Crippen LogP) is 1.63. The highest BCUT2D eigenvalue weighted by molar-refractivity contribution is 5.94. The molecule has 0 fully saturated rings. The third kappa shape index (κ3) is 1.89. The van der Waals surface area contributed by atoms with Crippen molar-refractivity contribution in [3.8, 4) is 0 Å². The standard InChI is InChI=1S/C13H17NO4/c1-8-7-14-6-4-5-9(12(15)17-2)11(14)10(8)13(16)18-3/h7,9H,4-6H2,1-3H3. The molecule has 0 aliphatic carbocycles. The molecule has 2 rings (SSSR count). The van der Waals surface area contributed by atoms with Crippen LogP contribution in [0.2, 0.25) is 0 Å². The topological polar surface area (TPSA) is 57.5 Å². The van der Waals surface area contributed by atoms with Gasteiger partial charge in [-0.2, -0.15) is 0 Å². The Morgan fingerprint density at radius 2 is 2.06 bits per heavy atom. The van der Waals surface area contributed by atoms with E-state index < -0.39 is 5.97 Å². The minimum Gasteiger partial charge on any atom is -0.469 e. The van der Waals surface area contributed by atoms with Crippen molar-refractivity contribution in [2.24, 2.45) is 0 Å². The van der Waals surface area contributed by atoms with Crippen LogP contribution in [-0.4, -0.2) is 30.7 Å². The molecule has 0 saturated carbocycles. The molecule has 1 aromatic rings. The summed E-state index contributed by atoms with van der Waals surface area (Å²) in [5.74, 6) is -1.05. The van der Waals surface area contributed by atoms with Crippen molar-refractivity contribution in [1.82, 2.24) is 4.57 Å². The molecule has 0 aromatic carbocycles. The second-order valence-electron chi connectivity index (χ2n) is 4.48. The van der Waals surface area contributed by atoms with Gasteiger partial charge >= 0.3 is 11.9 Å². The molecule has 2 heterocycles. The van der Waals surface area contributed by atoms with E-state index in [1.807, 2.05) is 17.7 Å². The summed E-state index contributed by atoms with van der Waals surface area (Å²) in [7, 11) is 2.72. The maximum atomic E-state index is 11.8. The van der Waals surface area contributed by atoms with Gasteiger partial charge in [0.05, 0.1) is 25.7 Å². The average molecular weight is 251 g/mol. The quantitative estimate of drug-likeness (QED) is 0.750. The lowest BCUT2D eigenvalue weighted by Crippen LogP contribution is -2.25. The number of rotatable bonds is 2. The van der Waals surface area contributed by atoms with E-state index in [0.717, 1.165) is 24.2 Å². The van der Waals surface area contributed by atoms with E-state index in [1.165, 1.54) is 14.2 Å². The molecule has 18 heavy (non-hydrogen) atoms. The van der Waals surface area contributed by atoms with Crippen LogP contribution in [0.1, 0.15) is 40.4 Å². The number of esters is 2. The van der Waals surface area contributed by atoms with E-state index in [2.05, 4.69) is 0 Å². The molecule has 0 amide bonds. The summed E-state index contributed by atoms with van der Waals surface area (Å²) >= 11 is 0.